The molecule has 0 saturated carbocycles. The van der Waals surface area contributed by atoms with Crippen molar-refractivity contribution in [3.63, 3.8) is 0 Å². The Morgan fingerprint density at radius 2 is 1.00 bits per heavy atom. The monoisotopic (exact) mass is 514 g/mol. The number of halogens is 2. The maximum absolute atomic E-state index is 11.9. The molecule has 142 valence electrons. The van der Waals surface area contributed by atoms with Crippen LogP contribution in [0.25, 0.3) is 21.9 Å². The van der Waals surface area contributed by atoms with Gasteiger partial charge in [0.15, 0.2) is 22.7 Å². The molecule has 0 radical (unpaired) electrons. The van der Waals surface area contributed by atoms with Crippen LogP contribution in [-0.2, 0) is 4.74 Å². The number of cyclic esters (lactones) is 2. The summed E-state index contributed by atoms with van der Waals surface area (Å²) in [6, 6.07) is 5.62. The number of ether oxygens (including phenoxy) is 3. The minimum Gasteiger partial charge on any atom is -0.391 e. The van der Waals surface area contributed by atoms with Gasteiger partial charge in [0.25, 0.3) is 0 Å². The van der Waals surface area contributed by atoms with E-state index in [1.54, 1.807) is 0 Å². The van der Waals surface area contributed by atoms with Gasteiger partial charge in [0.05, 0.1) is 8.95 Å². The molecule has 1 aliphatic heterocycles. The molecule has 12 heteroatoms. The fourth-order valence-electron chi connectivity index (χ4n) is 2.41. The normalized spacial score (nSPS) is 13.2. The summed E-state index contributed by atoms with van der Waals surface area (Å²) in [5.74, 6) is -3.52. The van der Waals surface area contributed by atoms with Crippen molar-refractivity contribution >= 4 is 66.1 Å². The Morgan fingerprint density at radius 1 is 0.571 bits per heavy atom. The summed E-state index contributed by atoms with van der Waals surface area (Å²) < 4.78 is 28.9. The molecular weight excluding hydrogens is 512 g/mol. The molecule has 1 aliphatic rings. The molecule has 3 heterocycles. The summed E-state index contributed by atoms with van der Waals surface area (Å²) in [4.78, 5) is 47.6. The summed E-state index contributed by atoms with van der Waals surface area (Å²) >= 11 is 6.54. The molecule has 0 unspecified atom stereocenters. The van der Waals surface area contributed by atoms with E-state index in [0.29, 0.717) is 10.8 Å². The van der Waals surface area contributed by atoms with Gasteiger partial charge in [-0.2, -0.15) is 0 Å². The van der Waals surface area contributed by atoms with Crippen molar-refractivity contribution in [3.05, 3.63) is 54.4 Å². The van der Waals surface area contributed by atoms with E-state index in [0.717, 1.165) is 0 Å². The van der Waals surface area contributed by atoms with Crippen molar-refractivity contribution in [2.24, 2.45) is 0 Å². The average Bonchev–Trinajstić information content (AvgIpc) is 2.62. The standard InChI is InChI=1S/C16H4Br2O10/c17-9-5-1-3-7-11(9)25-15(21)28-16(22)26-12-8(4-2-6(5)10(12)18)24-14(20)27-13(19)23-7/h1-4H. The van der Waals surface area contributed by atoms with Gasteiger partial charge in [0.1, 0.15) is 0 Å². The van der Waals surface area contributed by atoms with Crippen molar-refractivity contribution in [2.75, 3.05) is 0 Å². The summed E-state index contributed by atoms with van der Waals surface area (Å²) in [6.07, 6.45) is -2.91. The molecular formula is C16H4Br2O10. The summed E-state index contributed by atoms with van der Waals surface area (Å²) in [7, 11) is 0. The number of carbonyl (C=O) groups excluding carboxylic acids is 2. The van der Waals surface area contributed by atoms with Gasteiger partial charge in [0, 0.05) is 10.8 Å². The Hall–Kier alpha value is -3.12. The first-order valence-corrected chi connectivity index (χ1v) is 8.80. The zero-order valence-corrected chi connectivity index (χ0v) is 16.3. The van der Waals surface area contributed by atoms with Crippen LogP contribution in [0.15, 0.2) is 56.1 Å². The number of rotatable bonds is 0. The number of fused-ring (bicyclic) bond motifs is 6. The van der Waals surface area contributed by atoms with Crippen molar-refractivity contribution in [3.8, 4) is 11.5 Å². The lowest BCUT2D eigenvalue weighted by atomic mass is 10.1. The summed E-state index contributed by atoms with van der Waals surface area (Å²) in [6.45, 7) is 0. The lowest BCUT2D eigenvalue weighted by Crippen LogP contribution is -2.19. The highest BCUT2D eigenvalue weighted by atomic mass is 79.9. The highest BCUT2D eigenvalue weighted by molar-refractivity contribution is 9.11. The van der Waals surface area contributed by atoms with Crippen LogP contribution in [0.3, 0.4) is 0 Å². The molecule has 4 aromatic rings. The van der Waals surface area contributed by atoms with E-state index < -0.39 is 24.0 Å². The lowest BCUT2D eigenvalue weighted by Gasteiger charge is -2.07. The SMILES string of the molecule is O=C1OC(=O)Oc2c(Br)c3ccc2oc(=O)oc(=O)oc2ccc3c(Br)c2O1. The summed E-state index contributed by atoms with van der Waals surface area (Å²) in [5.41, 5.74) is -0.603. The first kappa shape index (κ1) is 18.3. The minimum absolute atomic E-state index is 0.176. The van der Waals surface area contributed by atoms with Crippen LogP contribution < -0.4 is 21.1 Å². The fraction of sp³-hybridized carbons (Fsp3) is 0. The third-order valence-corrected chi connectivity index (χ3v) is 5.08. The first-order chi connectivity index (χ1) is 13.3. The van der Waals surface area contributed by atoms with E-state index in [4.69, 9.17) is 18.3 Å². The molecule has 5 rings (SSSR count). The topological polar surface area (TPSA) is 135 Å². The molecule has 0 saturated heterocycles. The van der Waals surface area contributed by atoms with Crippen molar-refractivity contribution in [2.45, 2.75) is 0 Å². The number of benzene rings is 2. The van der Waals surface area contributed by atoms with Crippen LogP contribution in [0, 0.1) is 0 Å². The Balaban J connectivity index is 2.37. The van der Waals surface area contributed by atoms with Gasteiger partial charge in [-0.3, -0.25) is 0 Å². The number of hydrogen-bond acceptors (Lipinski definition) is 10. The average molecular weight is 516 g/mol. The molecule has 0 N–H and O–H groups in total. The molecule has 0 spiro atoms. The van der Waals surface area contributed by atoms with Crippen molar-refractivity contribution in [1.82, 2.24) is 0 Å². The molecule has 2 aromatic carbocycles. The fourth-order valence-corrected chi connectivity index (χ4v) is 3.65. The predicted molar refractivity (Wildman–Crippen MR) is 97.0 cm³/mol. The molecule has 0 aliphatic carbocycles. The first-order valence-electron chi connectivity index (χ1n) is 7.22. The van der Waals surface area contributed by atoms with Crippen LogP contribution in [0.5, 0.6) is 11.5 Å². The van der Waals surface area contributed by atoms with Gasteiger partial charge in [-0.1, -0.05) is 0 Å². The smallest absolute Gasteiger partial charge is 0.391 e. The number of hydrogen-bond donors (Lipinski definition) is 0. The van der Waals surface area contributed by atoms with Gasteiger partial charge < -0.3 is 27.5 Å². The van der Waals surface area contributed by atoms with Gasteiger partial charge in [-0.05, 0) is 56.1 Å². The second-order valence-corrected chi connectivity index (χ2v) is 6.71. The quantitative estimate of drug-likeness (QED) is 0.243. The molecule has 0 fully saturated rings. The van der Waals surface area contributed by atoms with E-state index in [9.17, 15) is 19.2 Å². The van der Waals surface area contributed by atoms with Crippen LogP contribution in [0.4, 0.5) is 9.59 Å². The maximum atomic E-state index is 11.9. The Kier molecular flexibility index (Phi) is 4.43. The van der Waals surface area contributed by atoms with Crippen molar-refractivity contribution in [1.29, 1.82) is 0 Å². The molecule has 0 atom stereocenters. The molecule has 28 heavy (non-hydrogen) atoms. The van der Waals surface area contributed by atoms with Crippen LogP contribution in [0.1, 0.15) is 0 Å². The molecule has 0 amide bonds. The van der Waals surface area contributed by atoms with E-state index in [2.05, 4.69) is 41.0 Å². The second kappa shape index (κ2) is 6.80. The zero-order valence-electron chi connectivity index (χ0n) is 13.1. The van der Waals surface area contributed by atoms with E-state index >= 15 is 0 Å². The maximum Gasteiger partial charge on any atom is 0.524 e. The van der Waals surface area contributed by atoms with Crippen LogP contribution in [0.2, 0.25) is 0 Å². The van der Waals surface area contributed by atoms with Gasteiger partial charge >= 0.3 is 24.0 Å². The summed E-state index contributed by atoms with van der Waals surface area (Å²) in [5, 5.41) is 0.901. The van der Waals surface area contributed by atoms with Gasteiger partial charge in [-0.25, -0.2) is 19.2 Å². The Labute approximate surface area is 169 Å². The highest BCUT2D eigenvalue weighted by Crippen LogP contribution is 2.41. The number of carbonyl (C=O) groups is 2. The highest BCUT2D eigenvalue weighted by Gasteiger charge is 2.24. The molecule has 2 aromatic heterocycles. The minimum atomic E-state index is -1.46. The molecule has 10 nitrogen and oxygen atoms in total. The Morgan fingerprint density at radius 3 is 1.43 bits per heavy atom. The molecule has 6 bridgehead atoms. The third kappa shape index (κ3) is 3.16. The van der Waals surface area contributed by atoms with Crippen LogP contribution in [-0.4, -0.2) is 12.3 Å². The van der Waals surface area contributed by atoms with Gasteiger partial charge in [-0.15, -0.1) is 0 Å². The van der Waals surface area contributed by atoms with E-state index in [1.165, 1.54) is 24.3 Å². The van der Waals surface area contributed by atoms with E-state index in [-0.39, 0.29) is 31.6 Å². The zero-order chi connectivity index (χ0) is 20.0. The van der Waals surface area contributed by atoms with E-state index in [1.807, 2.05) is 0 Å². The van der Waals surface area contributed by atoms with Gasteiger partial charge in [0.2, 0.25) is 0 Å². The third-order valence-electron chi connectivity index (χ3n) is 3.50. The second-order valence-electron chi connectivity index (χ2n) is 5.12. The van der Waals surface area contributed by atoms with Crippen LogP contribution >= 0.6 is 31.9 Å². The largest absolute Gasteiger partial charge is 0.524 e. The van der Waals surface area contributed by atoms with Crippen molar-refractivity contribution < 1.29 is 37.1 Å². The Bertz CT molecular complexity index is 1240. The predicted octanol–water partition coefficient (Wildman–Crippen LogP) is 4.17. The lowest BCUT2D eigenvalue weighted by molar-refractivity contribution is 0.0889.